The number of hydrogen-bond acceptors (Lipinski definition) is 3. The molecule has 0 bridgehead atoms. The lowest BCUT2D eigenvalue weighted by Crippen LogP contribution is -1.73. The minimum Gasteiger partial charge on any atom is -0.312 e. The van der Waals surface area contributed by atoms with E-state index >= 15 is 0 Å². The number of nitrogens with zero attached hydrogens (tertiary/aromatic N) is 4. The Bertz CT molecular complexity index is 690. The van der Waals surface area contributed by atoms with Gasteiger partial charge in [-0.05, 0) is 12.1 Å². The first-order valence-corrected chi connectivity index (χ1v) is 4.50. The fourth-order valence-electron chi connectivity index (χ4n) is 1.78. The SMILES string of the molecule is N#Cc1c2nccncc2n2cccc12. The number of rotatable bonds is 0. The number of aromatic nitrogens is 3. The van der Waals surface area contributed by atoms with E-state index in [1.54, 1.807) is 18.6 Å². The Morgan fingerprint density at radius 3 is 3.07 bits per heavy atom. The molecule has 4 nitrogen and oxygen atoms in total. The molecule has 0 radical (unpaired) electrons. The molecule has 3 aromatic heterocycles. The molecule has 0 amide bonds. The Balaban J connectivity index is 2.70. The Morgan fingerprint density at radius 1 is 1.27 bits per heavy atom. The molecule has 0 fully saturated rings. The van der Waals surface area contributed by atoms with Gasteiger partial charge < -0.3 is 4.40 Å². The van der Waals surface area contributed by atoms with Gasteiger partial charge in [0.1, 0.15) is 17.1 Å². The summed E-state index contributed by atoms with van der Waals surface area (Å²) in [6, 6.07) is 5.99. The van der Waals surface area contributed by atoms with Gasteiger partial charge in [0.2, 0.25) is 0 Å². The lowest BCUT2D eigenvalue weighted by atomic mass is 10.3. The fraction of sp³-hybridized carbons (Fsp3) is 0. The van der Waals surface area contributed by atoms with Crippen LogP contribution in [-0.2, 0) is 0 Å². The van der Waals surface area contributed by atoms with E-state index in [0.29, 0.717) is 11.1 Å². The largest absolute Gasteiger partial charge is 0.312 e. The Morgan fingerprint density at radius 2 is 2.20 bits per heavy atom. The zero-order valence-electron chi connectivity index (χ0n) is 7.75. The molecule has 0 aliphatic rings. The molecule has 3 heterocycles. The maximum atomic E-state index is 9.10. The van der Waals surface area contributed by atoms with Crippen LogP contribution in [0.3, 0.4) is 0 Å². The molecule has 70 valence electrons. The van der Waals surface area contributed by atoms with Gasteiger partial charge in [0.15, 0.2) is 0 Å². The standard InChI is InChI=1S/C11H6N4/c12-6-8-9-2-1-5-15(9)10-7-13-3-4-14-11(8)10/h1-5,7H. The van der Waals surface area contributed by atoms with E-state index in [2.05, 4.69) is 16.0 Å². The van der Waals surface area contributed by atoms with Gasteiger partial charge in [0.25, 0.3) is 0 Å². The molecule has 0 aromatic carbocycles. The molecule has 3 aromatic rings. The highest BCUT2D eigenvalue weighted by Crippen LogP contribution is 2.23. The summed E-state index contributed by atoms with van der Waals surface area (Å²) in [6.07, 6.45) is 6.83. The molecule has 0 saturated heterocycles. The van der Waals surface area contributed by atoms with E-state index in [9.17, 15) is 0 Å². The van der Waals surface area contributed by atoms with Gasteiger partial charge in [-0.15, -0.1) is 0 Å². The summed E-state index contributed by atoms with van der Waals surface area (Å²) in [5.74, 6) is 0. The van der Waals surface area contributed by atoms with E-state index in [-0.39, 0.29) is 0 Å². The quantitative estimate of drug-likeness (QED) is 0.547. The van der Waals surface area contributed by atoms with E-state index in [1.807, 2.05) is 22.7 Å². The zero-order chi connectivity index (χ0) is 10.3. The summed E-state index contributed by atoms with van der Waals surface area (Å²) in [5.41, 5.74) is 3.04. The molecule has 0 N–H and O–H groups in total. The van der Waals surface area contributed by atoms with E-state index in [4.69, 9.17) is 5.26 Å². The van der Waals surface area contributed by atoms with Crippen molar-refractivity contribution in [1.29, 1.82) is 5.26 Å². The Hall–Kier alpha value is -2.41. The minimum atomic E-state index is 0.605. The van der Waals surface area contributed by atoms with E-state index in [1.165, 1.54) is 0 Å². The Kier molecular flexibility index (Phi) is 1.48. The van der Waals surface area contributed by atoms with Crippen molar-refractivity contribution in [2.24, 2.45) is 0 Å². The molecule has 3 rings (SSSR count). The van der Waals surface area contributed by atoms with Crippen molar-refractivity contribution in [1.82, 2.24) is 14.4 Å². The van der Waals surface area contributed by atoms with Crippen LogP contribution in [0.2, 0.25) is 0 Å². The Labute approximate surface area is 85.4 Å². The zero-order valence-corrected chi connectivity index (χ0v) is 7.75. The second kappa shape index (κ2) is 2.79. The molecule has 0 aliphatic heterocycles. The van der Waals surface area contributed by atoms with Crippen LogP contribution in [0.5, 0.6) is 0 Å². The van der Waals surface area contributed by atoms with Gasteiger partial charge in [-0.2, -0.15) is 5.26 Å². The second-order valence-electron chi connectivity index (χ2n) is 3.19. The second-order valence-corrected chi connectivity index (χ2v) is 3.19. The van der Waals surface area contributed by atoms with Crippen molar-refractivity contribution in [2.45, 2.75) is 0 Å². The smallest absolute Gasteiger partial charge is 0.109 e. The van der Waals surface area contributed by atoms with Crippen LogP contribution in [0.15, 0.2) is 36.9 Å². The van der Waals surface area contributed by atoms with Gasteiger partial charge in [-0.1, -0.05) is 0 Å². The maximum absolute atomic E-state index is 9.10. The van der Waals surface area contributed by atoms with Gasteiger partial charge in [-0.25, -0.2) is 0 Å². The summed E-state index contributed by atoms with van der Waals surface area (Å²) in [5, 5.41) is 9.10. The van der Waals surface area contributed by atoms with E-state index < -0.39 is 0 Å². The normalized spacial score (nSPS) is 10.6. The molecule has 15 heavy (non-hydrogen) atoms. The van der Waals surface area contributed by atoms with Crippen molar-refractivity contribution in [3.05, 3.63) is 42.5 Å². The predicted molar refractivity (Wildman–Crippen MR) is 55.2 cm³/mol. The average Bonchev–Trinajstić information content (AvgIpc) is 2.72. The number of nitriles is 1. The fourth-order valence-corrected chi connectivity index (χ4v) is 1.78. The summed E-state index contributed by atoms with van der Waals surface area (Å²) in [6.45, 7) is 0. The molecule has 0 aliphatic carbocycles. The number of fused-ring (bicyclic) bond motifs is 3. The van der Waals surface area contributed by atoms with Crippen molar-refractivity contribution in [3.8, 4) is 6.07 Å². The maximum Gasteiger partial charge on any atom is 0.109 e. The van der Waals surface area contributed by atoms with Crippen molar-refractivity contribution < 1.29 is 0 Å². The third kappa shape index (κ3) is 0.945. The first-order valence-electron chi connectivity index (χ1n) is 4.50. The van der Waals surface area contributed by atoms with Gasteiger partial charge in [-0.3, -0.25) is 9.97 Å². The van der Waals surface area contributed by atoms with Gasteiger partial charge in [0.05, 0.1) is 17.2 Å². The molecule has 4 heteroatoms. The van der Waals surface area contributed by atoms with E-state index in [0.717, 1.165) is 11.0 Å². The summed E-state index contributed by atoms with van der Waals surface area (Å²) < 4.78 is 1.92. The van der Waals surface area contributed by atoms with Crippen LogP contribution < -0.4 is 0 Å². The van der Waals surface area contributed by atoms with Crippen LogP contribution >= 0.6 is 0 Å². The van der Waals surface area contributed by atoms with Crippen molar-refractivity contribution >= 4 is 16.6 Å². The lowest BCUT2D eigenvalue weighted by molar-refractivity contribution is 1.27. The lowest BCUT2D eigenvalue weighted by Gasteiger charge is -1.83. The molecular formula is C11H6N4. The molecule has 0 saturated carbocycles. The van der Waals surface area contributed by atoms with Crippen LogP contribution in [0.1, 0.15) is 5.56 Å². The highest BCUT2D eigenvalue weighted by Gasteiger charge is 2.11. The van der Waals surface area contributed by atoms with Crippen LogP contribution in [-0.4, -0.2) is 14.4 Å². The van der Waals surface area contributed by atoms with Gasteiger partial charge >= 0.3 is 0 Å². The predicted octanol–water partition coefficient (Wildman–Crippen LogP) is 1.75. The summed E-state index contributed by atoms with van der Waals surface area (Å²) >= 11 is 0. The third-order valence-corrected chi connectivity index (χ3v) is 2.41. The van der Waals surface area contributed by atoms with Crippen molar-refractivity contribution in [2.75, 3.05) is 0 Å². The van der Waals surface area contributed by atoms with Crippen molar-refractivity contribution in [3.63, 3.8) is 0 Å². The molecule has 0 unspecified atom stereocenters. The highest BCUT2D eigenvalue weighted by molar-refractivity contribution is 5.91. The first kappa shape index (κ1) is 7.94. The van der Waals surface area contributed by atoms with Crippen LogP contribution in [0.4, 0.5) is 0 Å². The molecule has 0 atom stereocenters. The minimum absolute atomic E-state index is 0.605. The van der Waals surface area contributed by atoms with Crippen LogP contribution in [0.25, 0.3) is 16.6 Å². The highest BCUT2D eigenvalue weighted by atomic mass is 14.9. The topological polar surface area (TPSA) is 54.0 Å². The molecular weight excluding hydrogens is 188 g/mol. The average molecular weight is 194 g/mol. The molecule has 0 spiro atoms. The third-order valence-electron chi connectivity index (χ3n) is 2.41. The summed E-state index contributed by atoms with van der Waals surface area (Å²) in [4.78, 5) is 8.28. The van der Waals surface area contributed by atoms with Gasteiger partial charge in [0, 0.05) is 18.6 Å². The number of hydrogen-bond donors (Lipinski definition) is 0. The summed E-state index contributed by atoms with van der Waals surface area (Å²) in [7, 11) is 0. The first-order chi connectivity index (χ1) is 7.42. The monoisotopic (exact) mass is 194 g/mol. The van der Waals surface area contributed by atoms with Crippen LogP contribution in [0, 0.1) is 11.3 Å².